The minimum atomic E-state index is 0.918. The molecule has 0 saturated carbocycles. The molecule has 0 radical (unpaired) electrons. The van der Waals surface area contributed by atoms with Crippen LogP contribution in [0.4, 0.5) is 0 Å². The molecule has 0 unspecified atom stereocenters. The van der Waals surface area contributed by atoms with E-state index in [1.165, 1.54) is 11.1 Å². The first kappa shape index (κ1) is 8.17. The maximum atomic E-state index is 5.18. The molecule has 0 aromatic carbocycles. The molecule has 0 spiro atoms. The fourth-order valence-electron chi connectivity index (χ4n) is 1.56. The lowest BCUT2D eigenvalue weighted by Gasteiger charge is -2.01. The summed E-state index contributed by atoms with van der Waals surface area (Å²) in [6.07, 6.45) is 5.16. The third-order valence-electron chi connectivity index (χ3n) is 2.34. The van der Waals surface area contributed by atoms with Gasteiger partial charge in [0.25, 0.3) is 0 Å². The molecule has 0 aliphatic carbocycles. The maximum Gasteiger partial charge on any atom is 0.122 e. The number of ether oxygens (including phenoxy) is 1. The quantitative estimate of drug-likeness (QED) is 0.683. The molecule has 0 saturated heterocycles. The largest absolute Gasteiger partial charge is 0.497 e. The smallest absolute Gasteiger partial charge is 0.122 e. The number of hydrogen-bond donors (Lipinski definition) is 0. The van der Waals surface area contributed by atoms with Crippen molar-refractivity contribution in [3.8, 4) is 5.75 Å². The Labute approximate surface area is 77.8 Å². The second-order valence-corrected chi connectivity index (χ2v) is 3.05. The van der Waals surface area contributed by atoms with Crippen LogP contribution < -0.4 is 4.74 Å². The minimum absolute atomic E-state index is 0.918. The van der Waals surface area contributed by atoms with Crippen molar-refractivity contribution in [1.29, 1.82) is 0 Å². The van der Waals surface area contributed by atoms with Crippen molar-refractivity contribution >= 4 is 5.52 Å². The van der Waals surface area contributed by atoms with Crippen molar-refractivity contribution in [2.75, 3.05) is 7.11 Å². The molecule has 0 amide bonds. The molecule has 0 fully saturated rings. The number of methoxy groups -OCH3 is 1. The van der Waals surface area contributed by atoms with E-state index >= 15 is 0 Å². The van der Waals surface area contributed by atoms with Crippen LogP contribution in [0.25, 0.3) is 5.52 Å². The van der Waals surface area contributed by atoms with Gasteiger partial charge in [0.15, 0.2) is 0 Å². The Morgan fingerprint density at radius 2 is 2.08 bits per heavy atom. The van der Waals surface area contributed by atoms with Gasteiger partial charge < -0.3 is 9.14 Å². The van der Waals surface area contributed by atoms with Crippen molar-refractivity contribution in [2.45, 2.75) is 13.3 Å². The Bertz CT molecular complexity index is 417. The minimum Gasteiger partial charge on any atom is -0.497 e. The van der Waals surface area contributed by atoms with Crippen LogP contribution in [0.3, 0.4) is 0 Å². The molecule has 2 heterocycles. The number of fused-ring (bicyclic) bond motifs is 1. The summed E-state index contributed by atoms with van der Waals surface area (Å²) in [7, 11) is 1.69. The Morgan fingerprint density at radius 3 is 2.77 bits per heavy atom. The number of hydrogen-bond acceptors (Lipinski definition) is 1. The average Bonchev–Trinajstić information content (AvgIpc) is 2.59. The molecule has 68 valence electrons. The van der Waals surface area contributed by atoms with Crippen molar-refractivity contribution in [3.05, 3.63) is 36.2 Å². The number of aryl methyl sites for hydroxylation is 1. The molecule has 13 heavy (non-hydrogen) atoms. The first-order valence-corrected chi connectivity index (χ1v) is 4.48. The second kappa shape index (κ2) is 3.13. The lowest BCUT2D eigenvalue weighted by Crippen LogP contribution is -1.87. The van der Waals surface area contributed by atoms with Crippen LogP contribution in [-0.2, 0) is 6.42 Å². The zero-order valence-electron chi connectivity index (χ0n) is 7.95. The van der Waals surface area contributed by atoms with Gasteiger partial charge in [-0.25, -0.2) is 0 Å². The van der Waals surface area contributed by atoms with Crippen LogP contribution in [0.5, 0.6) is 5.75 Å². The Hall–Kier alpha value is -1.44. The van der Waals surface area contributed by atoms with Gasteiger partial charge in [-0.05, 0) is 24.1 Å². The van der Waals surface area contributed by atoms with Crippen molar-refractivity contribution in [2.24, 2.45) is 0 Å². The summed E-state index contributed by atoms with van der Waals surface area (Å²) >= 11 is 0. The third-order valence-corrected chi connectivity index (χ3v) is 2.34. The number of nitrogens with zero attached hydrogens (tertiary/aromatic N) is 1. The summed E-state index contributed by atoms with van der Waals surface area (Å²) in [6.45, 7) is 2.16. The fraction of sp³-hybridized carbons (Fsp3) is 0.273. The monoisotopic (exact) mass is 175 g/mol. The fourth-order valence-corrected chi connectivity index (χ4v) is 1.56. The summed E-state index contributed by atoms with van der Waals surface area (Å²) in [5.41, 5.74) is 2.60. The van der Waals surface area contributed by atoms with Gasteiger partial charge in [-0.15, -0.1) is 0 Å². The maximum absolute atomic E-state index is 5.18. The Morgan fingerprint density at radius 1 is 1.31 bits per heavy atom. The molecular formula is C11H13NO. The van der Waals surface area contributed by atoms with Crippen LogP contribution in [0, 0.1) is 0 Å². The van der Waals surface area contributed by atoms with Gasteiger partial charge >= 0.3 is 0 Å². The van der Waals surface area contributed by atoms with Crippen LogP contribution in [0.1, 0.15) is 12.5 Å². The molecule has 2 aromatic heterocycles. The molecule has 0 bridgehead atoms. The summed E-state index contributed by atoms with van der Waals surface area (Å²) in [4.78, 5) is 0. The zero-order chi connectivity index (χ0) is 9.26. The van der Waals surface area contributed by atoms with E-state index in [1.807, 2.05) is 12.3 Å². The van der Waals surface area contributed by atoms with E-state index in [2.05, 4.69) is 29.7 Å². The van der Waals surface area contributed by atoms with Crippen molar-refractivity contribution in [3.63, 3.8) is 0 Å². The van der Waals surface area contributed by atoms with E-state index in [0.29, 0.717) is 0 Å². The molecule has 2 aromatic rings. The van der Waals surface area contributed by atoms with Gasteiger partial charge in [-0.1, -0.05) is 6.92 Å². The summed E-state index contributed by atoms with van der Waals surface area (Å²) in [5, 5.41) is 0. The van der Waals surface area contributed by atoms with Gasteiger partial charge in [0.2, 0.25) is 0 Å². The highest BCUT2D eigenvalue weighted by Crippen LogP contribution is 2.18. The first-order chi connectivity index (χ1) is 6.35. The van der Waals surface area contributed by atoms with Gasteiger partial charge in [0, 0.05) is 18.5 Å². The lowest BCUT2D eigenvalue weighted by atomic mass is 10.2. The standard InChI is InChI=1S/C11H13NO/c1-3-9-4-6-12-7-5-10(13-2)8-11(9)12/h4-8H,3H2,1-2H3. The molecular weight excluding hydrogens is 162 g/mol. The van der Waals surface area contributed by atoms with Gasteiger partial charge in [0.1, 0.15) is 5.75 Å². The Kier molecular flexibility index (Phi) is 1.97. The summed E-state index contributed by atoms with van der Waals surface area (Å²) in [5.74, 6) is 0.918. The van der Waals surface area contributed by atoms with E-state index in [4.69, 9.17) is 4.74 Å². The highest BCUT2D eigenvalue weighted by molar-refractivity contribution is 5.58. The van der Waals surface area contributed by atoms with Crippen LogP contribution in [-0.4, -0.2) is 11.5 Å². The van der Waals surface area contributed by atoms with E-state index < -0.39 is 0 Å². The highest BCUT2D eigenvalue weighted by atomic mass is 16.5. The topological polar surface area (TPSA) is 13.6 Å². The van der Waals surface area contributed by atoms with Gasteiger partial charge in [0.05, 0.1) is 12.6 Å². The second-order valence-electron chi connectivity index (χ2n) is 3.05. The zero-order valence-corrected chi connectivity index (χ0v) is 7.95. The molecule has 0 aliphatic heterocycles. The van der Waals surface area contributed by atoms with E-state index in [-0.39, 0.29) is 0 Å². The highest BCUT2D eigenvalue weighted by Gasteiger charge is 2.00. The predicted octanol–water partition coefficient (Wildman–Crippen LogP) is 2.51. The molecule has 2 nitrogen and oxygen atoms in total. The van der Waals surface area contributed by atoms with E-state index in [9.17, 15) is 0 Å². The first-order valence-electron chi connectivity index (χ1n) is 4.48. The number of rotatable bonds is 2. The molecule has 0 aliphatic rings. The van der Waals surface area contributed by atoms with Crippen LogP contribution in [0.2, 0.25) is 0 Å². The van der Waals surface area contributed by atoms with Gasteiger partial charge in [-0.3, -0.25) is 0 Å². The molecule has 2 rings (SSSR count). The summed E-state index contributed by atoms with van der Waals surface area (Å²) in [6, 6.07) is 6.18. The third kappa shape index (κ3) is 1.28. The average molecular weight is 175 g/mol. The molecule has 2 heteroatoms. The van der Waals surface area contributed by atoms with Crippen molar-refractivity contribution < 1.29 is 4.74 Å². The van der Waals surface area contributed by atoms with Crippen LogP contribution >= 0.6 is 0 Å². The SMILES string of the molecule is CCc1ccn2ccc(OC)cc12. The van der Waals surface area contributed by atoms with E-state index in [0.717, 1.165) is 12.2 Å². The number of aromatic nitrogens is 1. The van der Waals surface area contributed by atoms with Crippen LogP contribution in [0.15, 0.2) is 30.6 Å². The molecule has 0 atom stereocenters. The molecule has 0 N–H and O–H groups in total. The van der Waals surface area contributed by atoms with Gasteiger partial charge in [-0.2, -0.15) is 0 Å². The predicted molar refractivity (Wildman–Crippen MR) is 53.3 cm³/mol. The van der Waals surface area contributed by atoms with Crippen molar-refractivity contribution in [1.82, 2.24) is 4.40 Å². The number of pyridine rings is 1. The van der Waals surface area contributed by atoms with E-state index in [1.54, 1.807) is 7.11 Å². The lowest BCUT2D eigenvalue weighted by molar-refractivity contribution is 0.414. The Balaban J connectivity index is 2.64. The normalized spacial score (nSPS) is 10.6. The summed E-state index contributed by atoms with van der Waals surface area (Å²) < 4.78 is 7.29.